The fourth-order valence-corrected chi connectivity index (χ4v) is 4.97. The number of ether oxygens (including phenoxy) is 2. The Morgan fingerprint density at radius 2 is 1.55 bits per heavy atom. The first-order valence-electron chi connectivity index (χ1n) is 12.5. The van der Waals surface area contributed by atoms with Crippen molar-refractivity contribution in [3.63, 3.8) is 0 Å². The summed E-state index contributed by atoms with van der Waals surface area (Å²) in [6.45, 7) is 9.95. The molecule has 0 unspecified atom stereocenters. The van der Waals surface area contributed by atoms with Gasteiger partial charge in [0.25, 0.3) is 0 Å². The molecule has 0 amide bonds. The first-order valence-corrected chi connectivity index (χ1v) is 12.5. The number of para-hydroxylation sites is 1. The minimum Gasteiger partial charge on any atom is -0.486 e. The van der Waals surface area contributed by atoms with Crippen LogP contribution >= 0.6 is 0 Å². The number of hydrogen-bond donors (Lipinski definition) is 0. The van der Waals surface area contributed by atoms with E-state index in [4.69, 9.17) is 9.47 Å². The van der Waals surface area contributed by atoms with Crippen LogP contribution in [0.4, 0.5) is 5.69 Å². The lowest BCUT2D eigenvalue weighted by atomic mass is 10.1. The summed E-state index contributed by atoms with van der Waals surface area (Å²) in [5.41, 5.74) is 3.64. The van der Waals surface area contributed by atoms with E-state index in [1.165, 1.54) is 37.9 Å². The maximum Gasteiger partial charge on any atom is 0.184 e. The van der Waals surface area contributed by atoms with Crippen molar-refractivity contribution in [3.8, 4) is 23.3 Å². The summed E-state index contributed by atoms with van der Waals surface area (Å²) < 4.78 is 11.7. The maximum absolute atomic E-state index is 5.91. The highest BCUT2D eigenvalue weighted by Gasteiger charge is 2.23. The van der Waals surface area contributed by atoms with Crippen molar-refractivity contribution in [2.24, 2.45) is 0 Å². The van der Waals surface area contributed by atoms with E-state index in [1.54, 1.807) is 0 Å². The van der Waals surface area contributed by atoms with Crippen molar-refractivity contribution in [1.82, 2.24) is 9.80 Å². The molecule has 2 aromatic rings. The average molecular weight is 446 g/mol. The molecular weight excluding hydrogens is 410 g/mol. The van der Waals surface area contributed by atoms with Gasteiger partial charge in [-0.1, -0.05) is 36.5 Å². The van der Waals surface area contributed by atoms with Crippen molar-refractivity contribution in [1.29, 1.82) is 0 Å². The second-order valence-electron chi connectivity index (χ2n) is 9.22. The Balaban J connectivity index is 1.09. The summed E-state index contributed by atoms with van der Waals surface area (Å²) in [5, 5.41) is 0. The highest BCUT2D eigenvalue weighted by Crippen LogP contribution is 2.39. The predicted octanol–water partition coefficient (Wildman–Crippen LogP) is 4.01. The lowest BCUT2D eigenvalue weighted by Gasteiger charge is -2.37. The van der Waals surface area contributed by atoms with Gasteiger partial charge in [0.2, 0.25) is 0 Å². The molecule has 2 aromatic carbocycles. The molecule has 3 aliphatic rings. The standard InChI is InChI=1S/C28H35N3O2/c1-3-14-29(15-4-1)16-5-2-7-24-10-12-25(13-11-24)23-30-17-19-31(20-18-30)26-8-6-9-27-28(26)33-22-21-32-27/h6,8-13H,1,3-5,14-23H2. The third-order valence-corrected chi connectivity index (χ3v) is 6.85. The van der Waals surface area contributed by atoms with E-state index in [2.05, 4.69) is 62.9 Å². The summed E-state index contributed by atoms with van der Waals surface area (Å²) in [6, 6.07) is 15.0. The first kappa shape index (κ1) is 22.1. The summed E-state index contributed by atoms with van der Waals surface area (Å²) in [5.74, 6) is 8.49. The molecule has 0 atom stereocenters. The molecule has 0 radical (unpaired) electrons. The van der Waals surface area contributed by atoms with E-state index in [0.29, 0.717) is 13.2 Å². The lowest BCUT2D eigenvalue weighted by molar-refractivity contribution is 0.171. The Morgan fingerprint density at radius 1 is 0.758 bits per heavy atom. The van der Waals surface area contributed by atoms with Crippen LogP contribution in [0.3, 0.4) is 0 Å². The summed E-state index contributed by atoms with van der Waals surface area (Å²) in [6.07, 6.45) is 5.06. The number of likely N-dealkylation sites (tertiary alicyclic amines) is 1. The molecule has 174 valence electrons. The molecule has 0 aromatic heterocycles. The van der Waals surface area contributed by atoms with E-state index in [9.17, 15) is 0 Å². The van der Waals surface area contributed by atoms with E-state index in [0.717, 1.165) is 68.4 Å². The van der Waals surface area contributed by atoms with Gasteiger partial charge in [0.1, 0.15) is 13.2 Å². The van der Waals surface area contributed by atoms with Crippen LogP contribution in [0.25, 0.3) is 0 Å². The first-order chi connectivity index (χ1) is 16.3. The molecule has 0 spiro atoms. The van der Waals surface area contributed by atoms with Crippen LogP contribution in [0.15, 0.2) is 42.5 Å². The Bertz CT molecular complexity index is 965. The number of piperidine rings is 1. The SMILES string of the molecule is C(#Cc1ccc(CN2CCN(c3cccc4c3OCCO4)CC2)cc1)CCN1CCCCC1. The van der Waals surface area contributed by atoms with Gasteiger partial charge in [0, 0.05) is 51.3 Å². The Hall–Kier alpha value is -2.68. The normalized spacial score (nSPS) is 19.1. The molecule has 0 aliphatic carbocycles. The van der Waals surface area contributed by atoms with Crippen molar-refractivity contribution in [2.45, 2.75) is 32.2 Å². The number of rotatable bonds is 5. The molecule has 33 heavy (non-hydrogen) atoms. The zero-order valence-corrected chi connectivity index (χ0v) is 19.6. The van der Waals surface area contributed by atoms with E-state index in [1.807, 2.05) is 6.07 Å². The highest BCUT2D eigenvalue weighted by atomic mass is 16.6. The number of anilines is 1. The Kier molecular flexibility index (Phi) is 7.35. The van der Waals surface area contributed by atoms with Gasteiger partial charge in [0.05, 0.1) is 5.69 Å². The van der Waals surface area contributed by atoms with Crippen molar-refractivity contribution in [3.05, 3.63) is 53.6 Å². The smallest absolute Gasteiger partial charge is 0.184 e. The van der Waals surface area contributed by atoms with Crippen molar-refractivity contribution in [2.75, 3.05) is 63.9 Å². The largest absolute Gasteiger partial charge is 0.486 e. The van der Waals surface area contributed by atoms with Crippen LogP contribution in [-0.2, 0) is 6.54 Å². The fraction of sp³-hybridized carbons (Fsp3) is 0.500. The molecule has 0 N–H and O–H groups in total. The van der Waals surface area contributed by atoms with Gasteiger partial charge in [-0.3, -0.25) is 4.90 Å². The molecule has 3 aliphatic heterocycles. The van der Waals surface area contributed by atoms with Gasteiger partial charge >= 0.3 is 0 Å². The molecule has 5 rings (SSSR count). The maximum atomic E-state index is 5.91. The molecule has 5 nitrogen and oxygen atoms in total. The summed E-state index contributed by atoms with van der Waals surface area (Å²) in [7, 11) is 0. The average Bonchev–Trinajstić information content (AvgIpc) is 2.88. The van der Waals surface area contributed by atoms with Gasteiger partial charge in [0.15, 0.2) is 11.5 Å². The highest BCUT2D eigenvalue weighted by molar-refractivity contribution is 5.65. The minimum atomic E-state index is 0.628. The molecule has 3 heterocycles. The number of fused-ring (bicyclic) bond motifs is 1. The zero-order valence-electron chi connectivity index (χ0n) is 19.6. The van der Waals surface area contributed by atoms with E-state index < -0.39 is 0 Å². The third kappa shape index (κ3) is 5.82. The van der Waals surface area contributed by atoms with Crippen LogP contribution in [0.5, 0.6) is 11.5 Å². The lowest BCUT2D eigenvalue weighted by Crippen LogP contribution is -2.46. The second-order valence-corrected chi connectivity index (χ2v) is 9.22. The quantitative estimate of drug-likeness (QED) is 0.649. The monoisotopic (exact) mass is 445 g/mol. The third-order valence-electron chi connectivity index (χ3n) is 6.85. The van der Waals surface area contributed by atoms with Crippen molar-refractivity contribution < 1.29 is 9.47 Å². The number of hydrogen-bond acceptors (Lipinski definition) is 5. The van der Waals surface area contributed by atoms with Crippen LogP contribution in [0.1, 0.15) is 36.8 Å². The van der Waals surface area contributed by atoms with Gasteiger partial charge in [-0.05, 0) is 55.8 Å². The topological polar surface area (TPSA) is 28.2 Å². The summed E-state index contributed by atoms with van der Waals surface area (Å²) >= 11 is 0. The fourth-order valence-electron chi connectivity index (χ4n) is 4.97. The molecular formula is C28H35N3O2. The van der Waals surface area contributed by atoms with Gasteiger partial charge in [-0.25, -0.2) is 0 Å². The van der Waals surface area contributed by atoms with Crippen LogP contribution in [-0.4, -0.2) is 68.8 Å². The van der Waals surface area contributed by atoms with E-state index >= 15 is 0 Å². The van der Waals surface area contributed by atoms with Crippen LogP contribution in [0.2, 0.25) is 0 Å². The predicted molar refractivity (Wildman–Crippen MR) is 133 cm³/mol. The molecule has 5 heteroatoms. The molecule has 2 saturated heterocycles. The van der Waals surface area contributed by atoms with Crippen LogP contribution < -0.4 is 14.4 Å². The minimum absolute atomic E-state index is 0.628. The Labute approximate surface area is 198 Å². The van der Waals surface area contributed by atoms with Gasteiger partial charge < -0.3 is 19.3 Å². The zero-order chi connectivity index (χ0) is 22.3. The number of benzene rings is 2. The van der Waals surface area contributed by atoms with Gasteiger partial charge in [-0.15, -0.1) is 0 Å². The number of piperazine rings is 1. The summed E-state index contributed by atoms with van der Waals surface area (Å²) in [4.78, 5) is 7.50. The molecule has 0 bridgehead atoms. The van der Waals surface area contributed by atoms with E-state index in [-0.39, 0.29) is 0 Å². The van der Waals surface area contributed by atoms with Crippen molar-refractivity contribution >= 4 is 5.69 Å². The number of nitrogens with zero attached hydrogens (tertiary/aromatic N) is 3. The van der Waals surface area contributed by atoms with Crippen LogP contribution in [0, 0.1) is 11.8 Å². The molecule has 2 fully saturated rings. The Morgan fingerprint density at radius 3 is 2.36 bits per heavy atom. The van der Waals surface area contributed by atoms with Gasteiger partial charge in [-0.2, -0.15) is 0 Å². The second kappa shape index (κ2) is 11.0. The molecule has 0 saturated carbocycles.